The molecule has 0 atom stereocenters. The van der Waals surface area contributed by atoms with Gasteiger partial charge in [-0.15, -0.1) is 10.2 Å². The van der Waals surface area contributed by atoms with Crippen molar-refractivity contribution < 1.29 is 4.79 Å². The van der Waals surface area contributed by atoms with E-state index in [4.69, 9.17) is 0 Å². The lowest BCUT2D eigenvalue weighted by Crippen LogP contribution is -2.32. The molecule has 1 N–H and O–H groups in total. The fourth-order valence-electron chi connectivity index (χ4n) is 2.32. The summed E-state index contributed by atoms with van der Waals surface area (Å²) >= 11 is 1.41. The van der Waals surface area contributed by atoms with Gasteiger partial charge < -0.3 is 0 Å². The molecular formula is C13H18N4OS. The van der Waals surface area contributed by atoms with E-state index in [0.29, 0.717) is 18.0 Å². The third-order valence-electron chi connectivity index (χ3n) is 3.54. The number of aromatic nitrogens is 2. The Balaban J connectivity index is 1.99. The summed E-state index contributed by atoms with van der Waals surface area (Å²) in [6.45, 7) is 2.13. The van der Waals surface area contributed by atoms with E-state index in [1.54, 1.807) is 0 Å². The SMILES string of the molecule is CCCCc1nnc(NC(=O)C2(C#N)CCCC2)s1. The highest BCUT2D eigenvalue weighted by Crippen LogP contribution is 2.38. The van der Waals surface area contributed by atoms with E-state index < -0.39 is 5.41 Å². The van der Waals surface area contributed by atoms with E-state index in [0.717, 1.165) is 37.1 Å². The van der Waals surface area contributed by atoms with Gasteiger partial charge in [0.1, 0.15) is 10.4 Å². The number of nitriles is 1. The summed E-state index contributed by atoms with van der Waals surface area (Å²) in [6, 6.07) is 2.18. The van der Waals surface area contributed by atoms with Crippen molar-refractivity contribution in [2.24, 2.45) is 5.41 Å². The molecule has 19 heavy (non-hydrogen) atoms. The number of nitrogens with zero attached hydrogens (tertiary/aromatic N) is 3. The zero-order valence-corrected chi connectivity index (χ0v) is 11.9. The second kappa shape index (κ2) is 6.11. The van der Waals surface area contributed by atoms with Gasteiger partial charge in [-0.05, 0) is 19.3 Å². The maximum Gasteiger partial charge on any atom is 0.246 e. The Hall–Kier alpha value is -1.48. The molecule has 2 rings (SSSR count). The highest BCUT2D eigenvalue weighted by atomic mass is 32.1. The fourth-order valence-corrected chi connectivity index (χ4v) is 3.09. The fraction of sp³-hybridized carbons (Fsp3) is 0.692. The van der Waals surface area contributed by atoms with Crippen LogP contribution in [0.2, 0.25) is 0 Å². The van der Waals surface area contributed by atoms with E-state index in [2.05, 4.69) is 28.5 Å². The van der Waals surface area contributed by atoms with Crippen LogP contribution in [0.15, 0.2) is 0 Å². The van der Waals surface area contributed by atoms with E-state index in [9.17, 15) is 10.1 Å². The minimum absolute atomic E-state index is 0.217. The van der Waals surface area contributed by atoms with Gasteiger partial charge in [0.15, 0.2) is 0 Å². The van der Waals surface area contributed by atoms with Crippen LogP contribution in [0.5, 0.6) is 0 Å². The lowest BCUT2D eigenvalue weighted by Gasteiger charge is -2.17. The number of hydrogen-bond acceptors (Lipinski definition) is 5. The average molecular weight is 278 g/mol. The second-order valence-electron chi connectivity index (χ2n) is 4.96. The molecule has 6 heteroatoms. The molecular weight excluding hydrogens is 260 g/mol. The van der Waals surface area contributed by atoms with E-state index in [-0.39, 0.29) is 5.91 Å². The van der Waals surface area contributed by atoms with Gasteiger partial charge in [0, 0.05) is 6.42 Å². The summed E-state index contributed by atoms with van der Waals surface area (Å²) < 4.78 is 0. The van der Waals surface area contributed by atoms with Crippen molar-refractivity contribution in [3.8, 4) is 6.07 Å². The third kappa shape index (κ3) is 3.10. The number of carbonyl (C=O) groups excluding carboxylic acids is 1. The minimum atomic E-state index is -0.852. The van der Waals surface area contributed by atoms with Crippen LogP contribution in [0, 0.1) is 16.7 Å². The van der Waals surface area contributed by atoms with Gasteiger partial charge in [-0.25, -0.2) is 0 Å². The van der Waals surface area contributed by atoms with Crippen molar-refractivity contribution in [3.05, 3.63) is 5.01 Å². The maximum absolute atomic E-state index is 12.2. The summed E-state index contributed by atoms with van der Waals surface area (Å²) in [5.41, 5.74) is -0.852. The number of nitrogens with one attached hydrogen (secondary N) is 1. The highest BCUT2D eigenvalue weighted by Gasteiger charge is 2.41. The minimum Gasteiger partial charge on any atom is -0.299 e. The van der Waals surface area contributed by atoms with Crippen molar-refractivity contribution in [2.75, 3.05) is 5.32 Å². The largest absolute Gasteiger partial charge is 0.299 e. The number of carbonyl (C=O) groups is 1. The average Bonchev–Trinajstić information content (AvgIpc) is 3.06. The highest BCUT2D eigenvalue weighted by molar-refractivity contribution is 7.15. The van der Waals surface area contributed by atoms with E-state index >= 15 is 0 Å². The van der Waals surface area contributed by atoms with Crippen LogP contribution in [0.1, 0.15) is 50.5 Å². The number of aryl methyl sites for hydroxylation is 1. The van der Waals surface area contributed by atoms with Crippen molar-refractivity contribution >= 4 is 22.4 Å². The van der Waals surface area contributed by atoms with Gasteiger partial charge in [-0.3, -0.25) is 10.1 Å². The Labute approximate surface area is 117 Å². The molecule has 0 saturated heterocycles. The first-order chi connectivity index (χ1) is 9.20. The molecule has 0 bridgehead atoms. The lowest BCUT2D eigenvalue weighted by atomic mass is 9.87. The van der Waals surface area contributed by atoms with Gasteiger partial charge in [0.05, 0.1) is 6.07 Å². The van der Waals surface area contributed by atoms with Crippen molar-refractivity contribution in [1.29, 1.82) is 5.26 Å². The van der Waals surface area contributed by atoms with Crippen LogP contribution in [0.3, 0.4) is 0 Å². The first kappa shape index (κ1) is 13.9. The number of amides is 1. The lowest BCUT2D eigenvalue weighted by molar-refractivity contribution is -0.122. The summed E-state index contributed by atoms with van der Waals surface area (Å²) in [7, 11) is 0. The molecule has 0 aromatic carbocycles. The number of unbranched alkanes of at least 4 members (excludes halogenated alkanes) is 1. The van der Waals surface area contributed by atoms with Crippen molar-refractivity contribution in [2.45, 2.75) is 51.9 Å². The van der Waals surface area contributed by atoms with Crippen LogP contribution >= 0.6 is 11.3 Å². The van der Waals surface area contributed by atoms with Gasteiger partial charge in [0.25, 0.3) is 0 Å². The second-order valence-corrected chi connectivity index (χ2v) is 6.02. The Morgan fingerprint density at radius 1 is 1.47 bits per heavy atom. The Bertz CT molecular complexity index is 485. The topological polar surface area (TPSA) is 78.7 Å². The van der Waals surface area contributed by atoms with Gasteiger partial charge in [-0.2, -0.15) is 5.26 Å². The summed E-state index contributed by atoms with van der Waals surface area (Å²) in [6.07, 6.45) is 6.27. The monoisotopic (exact) mass is 278 g/mol. The number of anilines is 1. The molecule has 0 spiro atoms. The molecule has 1 saturated carbocycles. The molecule has 0 radical (unpaired) electrons. The smallest absolute Gasteiger partial charge is 0.246 e. The molecule has 1 fully saturated rings. The molecule has 1 aliphatic carbocycles. The Morgan fingerprint density at radius 2 is 2.21 bits per heavy atom. The molecule has 1 aromatic rings. The van der Waals surface area contributed by atoms with Gasteiger partial charge in [-0.1, -0.05) is 37.5 Å². The van der Waals surface area contributed by atoms with Gasteiger partial charge in [0.2, 0.25) is 11.0 Å². The number of rotatable bonds is 5. The first-order valence-electron chi connectivity index (χ1n) is 6.75. The Morgan fingerprint density at radius 3 is 2.84 bits per heavy atom. The molecule has 0 aliphatic heterocycles. The standard InChI is InChI=1S/C13H18N4OS/c1-2-3-6-10-16-17-12(19-10)15-11(18)13(9-14)7-4-5-8-13/h2-8H2,1H3,(H,15,17,18). The van der Waals surface area contributed by atoms with Crippen LogP contribution in [-0.2, 0) is 11.2 Å². The van der Waals surface area contributed by atoms with Crippen LogP contribution in [0.25, 0.3) is 0 Å². The van der Waals surface area contributed by atoms with Crippen LogP contribution < -0.4 is 5.32 Å². The molecule has 0 unspecified atom stereocenters. The van der Waals surface area contributed by atoms with Gasteiger partial charge >= 0.3 is 0 Å². The molecule has 1 amide bonds. The molecule has 102 valence electrons. The summed E-state index contributed by atoms with van der Waals surface area (Å²) in [5.74, 6) is -0.217. The zero-order chi connectivity index (χ0) is 13.7. The predicted molar refractivity (Wildman–Crippen MR) is 73.7 cm³/mol. The molecule has 5 nitrogen and oxygen atoms in total. The van der Waals surface area contributed by atoms with Crippen LogP contribution in [-0.4, -0.2) is 16.1 Å². The Kier molecular flexibility index (Phi) is 4.48. The number of hydrogen-bond donors (Lipinski definition) is 1. The van der Waals surface area contributed by atoms with Crippen LogP contribution in [0.4, 0.5) is 5.13 Å². The summed E-state index contributed by atoms with van der Waals surface area (Å²) in [4.78, 5) is 12.2. The quantitative estimate of drug-likeness (QED) is 0.898. The maximum atomic E-state index is 12.2. The first-order valence-corrected chi connectivity index (χ1v) is 7.57. The molecule has 1 aromatic heterocycles. The third-order valence-corrected chi connectivity index (χ3v) is 4.44. The van der Waals surface area contributed by atoms with Crippen molar-refractivity contribution in [1.82, 2.24) is 10.2 Å². The van der Waals surface area contributed by atoms with Crippen molar-refractivity contribution in [3.63, 3.8) is 0 Å². The van der Waals surface area contributed by atoms with E-state index in [1.807, 2.05) is 0 Å². The van der Waals surface area contributed by atoms with E-state index in [1.165, 1.54) is 11.3 Å². The zero-order valence-electron chi connectivity index (χ0n) is 11.1. The molecule has 1 heterocycles. The normalized spacial score (nSPS) is 17.1. The molecule has 1 aliphatic rings. The predicted octanol–water partition coefficient (Wildman–Crippen LogP) is 2.90. The summed E-state index contributed by atoms with van der Waals surface area (Å²) in [5, 5.41) is 21.5.